The number of aromatic nitrogens is 3. The van der Waals surface area contributed by atoms with Crippen molar-refractivity contribution in [1.29, 1.82) is 0 Å². The highest BCUT2D eigenvalue weighted by atomic mass is 19.1. The van der Waals surface area contributed by atoms with E-state index in [1.807, 2.05) is 24.0 Å². The van der Waals surface area contributed by atoms with Gasteiger partial charge in [-0.05, 0) is 49.1 Å². The molecule has 5 rings (SSSR count). The predicted octanol–water partition coefficient (Wildman–Crippen LogP) is 4.86. The van der Waals surface area contributed by atoms with Crippen LogP contribution in [0.25, 0.3) is 16.9 Å². The Morgan fingerprint density at radius 2 is 1.90 bits per heavy atom. The number of rotatable bonds is 3. The summed E-state index contributed by atoms with van der Waals surface area (Å²) >= 11 is 0. The smallest absolute Gasteiger partial charge is 0.273 e. The van der Waals surface area contributed by atoms with E-state index in [2.05, 4.69) is 29.1 Å². The van der Waals surface area contributed by atoms with Gasteiger partial charge in [-0.15, -0.1) is 0 Å². The number of aryl methyl sites for hydroxylation is 1. The van der Waals surface area contributed by atoms with Crippen LogP contribution in [0.15, 0.2) is 60.7 Å². The highest BCUT2D eigenvalue weighted by Gasteiger charge is 2.29. The van der Waals surface area contributed by atoms with Crippen molar-refractivity contribution in [3.05, 3.63) is 89.0 Å². The molecule has 1 unspecified atom stereocenters. The number of benzene rings is 2. The number of halogens is 1. The van der Waals surface area contributed by atoms with Gasteiger partial charge in [0.25, 0.3) is 5.91 Å². The van der Waals surface area contributed by atoms with Gasteiger partial charge < -0.3 is 4.90 Å². The molecule has 0 spiro atoms. The van der Waals surface area contributed by atoms with E-state index in [1.165, 1.54) is 17.2 Å². The lowest BCUT2D eigenvalue weighted by Gasteiger charge is -2.35. The number of amides is 1. The number of hydrogen-bond acceptors (Lipinski definition) is 3. The Balaban J connectivity index is 1.55. The third kappa shape index (κ3) is 3.28. The minimum Gasteiger partial charge on any atom is -0.330 e. The maximum absolute atomic E-state index is 14.3. The molecule has 2 aromatic carbocycles. The van der Waals surface area contributed by atoms with Gasteiger partial charge in [0, 0.05) is 23.9 Å². The summed E-state index contributed by atoms with van der Waals surface area (Å²) in [7, 11) is 0. The second kappa shape index (κ2) is 7.61. The van der Waals surface area contributed by atoms with E-state index >= 15 is 0 Å². The van der Waals surface area contributed by atoms with E-state index in [0.717, 1.165) is 12.1 Å². The summed E-state index contributed by atoms with van der Waals surface area (Å²) in [4.78, 5) is 19.9. The fourth-order valence-corrected chi connectivity index (χ4v) is 4.40. The average molecular weight is 414 g/mol. The zero-order chi connectivity index (χ0) is 21.5. The SMILES string of the molecule is CCc1cc(C(=O)N2CCc3ccccc3C2C)nc2cc(-c3ccccc3F)nn12. The standard InChI is InChI=1S/C25H23FN4O/c1-3-18-14-23(25(31)29-13-12-17-8-4-5-9-19(17)16(29)2)27-24-15-22(28-30(18)24)20-10-6-7-11-21(20)26/h4-11,14-16H,3,12-13H2,1-2H3. The van der Waals surface area contributed by atoms with Crippen molar-refractivity contribution in [1.82, 2.24) is 19.5 Å². The van der Waals surface area contributed by atoms with Crippen molar-refractivity contribution in [2.24, 2.45) is 0 Å². The summed E-state index contributed by atoms with van der Waals surface area (Å²) < 4.78 is 16.0. The lowest BCUT2D eigenvalue weighted by molar-refractivity contribution is 0.0671. The van der Waals surface area contributed by atoms with Crippen molar-refractivity contribution < 1.29 is 9.18 Å². The molecule has 0 bridgehead atoms. The maximum Gasteiger partial charge on any atom is 0.273 e. The van der Waals surface area contributed by atoms with Crippen LogP contribution < -0.4 is 0 Å². The van der Waals surface area contributed by atoms with Crippen molar-refractivity contribution in [3.8, 4) is 11.3 Å². The molecule has 1 aliphatic heterocycles. The molecule has 0 saturated carbocycles. The third-order valence-corrected chi connectivity index (χ3v) is 6.09. The minimum absolute atomic E-state index is 0.0144. The van der Waals surface area contributed by atoms with Gasteiger partial charge in [0.1, 0.15) is 11.5 Å². The zero-order valence-electron chi connectivity index (χ0n) is 17.5. The lowest BCUT2D eigenvalue weighted by Crippen LogP contribution is -2.39. The van der Waals surface area contributed by atoms with Gasteiger partial charge in [-0.2, -0.15) is 5.10 Å². The monoisotopic (exact) mass is 414 g/mol. The maximum atomic E-state index is 14.3. The Hall–Kier alpha value is -3.54. The minimum atomic E-state index is -0.332. The summed E-state index contributed by atoms with van der Waals surface area (Å²) in [5.41, 5.74) is 5.21. The molecule has 0 fully saturated rings. The molecule has 6 heteroatoms. The second-order valence-corrected chi connectivity index (χ2v) is 7.89. The van der Waals surface area contributed by atoms with E-state index in [0.29, 0.717) is 35.6 Å². The Morgan fingerprint density at radius 3 is 2.71 bits per heavy atom. The van der Waals surface area contributed by atoms with Crippen LogP contribution in [0.4, 0.5) is 4.39 Å². The summed E-state index contributed by atoms with van der Waals surface area (Å²) in [5.74, 6) is -0.422. The summed E-state index contributed by atoms with van der Waals surface area (Å²) in [6, 6.07) is 18.3. The first-order valence-corrected chi connectivity index (χ1v) is 10.6. The topological polar surface area (TPSA) is 50.5 Å². The van der Waals surface area contributed by atoms with E-state index in [9.17, 15) is 9.18 Å². The molecule has 0 N–H and O–H groups in total. The van der Waals surface area contributed by atoms with Gasteiger partial charge in [0.15, 0.2) is 5.65 Å². The fraction of sp³-hybridized carbons (Fsp3) is 0.240. The van der Waals surface area contributed by atoms with Crippen LogP contribution in [0.2, 0.25) is 0 Å². The molecule has 3 heterocycles. The molecule has 2 aromatic heterocycles. The van der Waals surface area contributed by atoms with Gasteiger partial charge in [0.2, 0.25) is 0 Å². The van der Waals surface area contributed by atoms with Gasteiger partial charge in [-0.1, -0.05) is 43.3 Å². The molecule has 5 nitrogen and oxygen atoms in total. The lowest BCUT2D eigenvalue weighted by atomic mass is 9.93. The van der Waals surface area contributed by atoms with Crippen LogP contribution >= 0.6 is 0 Å². The van der Waals surface area contributed by atoms with Crippen molar-refractivity contribution in [3.63, 3.8) is 0 Å². The quantitative estimate of drug-likeness (QED) is 0.481. The first kappa shape index (κ1) is 19.4. The van der Waals surface area contributed by atoms with Gasteiger partial charge in [-0.3, -0.25) is 4.79 Å². The van der Waals surface area contributed by atoms with Crippen molar-refractivity contribution in [2.45, 2.75) is 32.7 Å². The van der Waals surface area contributed by atoms with Gasteiger partial charge in [0.05, 0.1) is 11.7 Å². The molecule has 156 valence electrons. The number of carbonyl (C=O) groups excluding carboxylic acids is 1. The molecular formula is C25H23FN4O. The van der Waals surface area contributed by atoms with E-state index in [1.54, 1.807) is 34.8 Å². The Kier molecular flexibility index (Phi) is 4.77. The molecule has 1 amide bonds. The number of fused-ring (bicyclic) bond motifs is 2. The molecule has 1 atom stereocenters. The number of carbonyl (C=O) groups is 1. The highest BCUT2D eigenvalue weighted by Crippen LogP contribution is 2.30. The molecule has 31 heavy (non-hydrogen) atoms. The molecular weight excluding hydrogens is 391 g/mol. The van der Waals surface area contributed by atoms with E-state index in [4.69, 9.17) is 0 Å². The van der Waals surface area contributed by atoms with E-state index in [-0.39, 0.29) is 17.8 Å². The van der Waals surface area contributed by atoms with Crippen LogP contribution in [-0.2, 0) is 12.8 Å². The summed E-state index contributed by atoms with van der Waals surface area (Å²) in [6.45, 7) is 4.72. The van der Waals surface area contributed by atoms with Gasteiger partial charge in [-0.25, -0.2) is 13.9 Å². The molecule has 1 aliphatic rings. The largest absolute Gasteiger partial charge is 0.330 e. The van der Waals surface area contributed by atoms with Crippen LogP contribution in [0, 0.1) is 5.82 Å². The summed E-state index contributed by atoms with van der Waals surface area (Å²) in [5, 5.41) is 4.56. The van der Waals surface area contributed by atoms with Crippen LogP contribution in [-0.4, -0.2) is 31.9 Å². The van der Waals surface area contributed by atoms with Crippen LogP contribution in [0.5, 0.6) is 0 Å². The molecule has 0 radical (unpaired) electrons. The van der Waals surface area contributed by atoms with Crippen LogP contribution in [0.3, 0.4) is 0 Å². The molecule has 4 aromatic rings. The van der Waals surface area contributed by atoms with Crippen molar-refractivity contribution in [2.75, 3.05) is 6.54 Å². The van der Waals surface area contributed by atoms with Gasteiger partial charge >= 0.3 is 0 Å². The Morgan fingerprint density at radius 1 is 1.13 bits per heavy atom. The Bertz CT molecular complexity index is 1300. The molecule has 0 saturated heterocycles. The van der Waals surface area contributed by atoms with Crippen LogP contribution in [0.1, 0.15) is 47.2 Å². The Labute approximate surface area is 180 Å². The fourth-order valence-electron chi connectivity index (χ4n) is 4.40. The summed E-state index contributed by atoms with van der Waals surface area (Å²) in [6.07, 6.45) is 1.51. The predicted molar refractivity (Wildman–Crippen MR) is 117 cm³/mol. The normalized spacial score (nSPS) is 15.8. The highest BCUT2D eigenvalue weighted by molar-refractivity contribution is 5.93. The number of hydrogen-bond donors (Lipinski definition) is 0. The molecule has 0 aliphatic carbocycles. The third-order valence-electron chi connectivity index (χ3n) is 6.09. The van der Waals surface area contributed by atoms with E-state index < -0.39 is 0 Å². The zero-order valence-corrected chi connectivity index (χ0v) is 17.5. The first-order chi connectivity index (χ1) is 15.1. The average Bonchev–Trinajstić information content (AvgIpc) is 3.22. The second-order valence-electron chi connectivity index (χ2n) is 7.89. The first-order valence-electron chi connectivity index (χ1n) is 10.6. The van der Waals surface area contributed by atoms with Crippen molar-refractivity contribution >= 4 is 11.6 Å². The number of nitrogens with zero attached hydrogens (tertiary/aromatic N) is 4.